The zero-order valence-electron chi connectivity index (χ0n) is 26.4. The Balaban J connectivity index is 1.38. The number of benzene rings is 3. The zero-order chi connectivity index (χ0) is 32.9. The van der Waals surface area contributed by atoms with E-state index in [1.54, 1.807) is 36.4 Å². The molecule has 1 aromatic heterocycles. The van der Waals surface area contributed by atoms with E-state index in [1.165, 1.54) is 40.7 Å². The smallest absolute Gasteiger partial charge is 0.301 e. The molecule has 12 heteroatoms. The largest absolute Gasteiger partial charge is 0.507 e. The summed E-state index contributed by atoms with van der Waals surface area (Å²) in [4.78, 5) is 28.9. The molecule has 1 amide bonds. The number of anilines is 1. The molecule has 0 spiro atoms. The number of methoxy groups -OCH3 is 1. The summed E-state index contributed by atoms with van der Waals surface area (Å²) in [7, 11) is 1.53. The van der Waals surface area contributed by atoms with Crippen LogP contribution in [0.25, 0.3) is 5.76 Å². The Morgan fingerprint density at radius 2 is 1.79 bits per heavy atom. The molecule has 1 saturated heterocycles. The van der Waals surface area contributed by atoms with Crippen molar-refractivity contribution in [2.45, 2.75) is 49.2 Å². The predicted octanol–water partition coefficient (Wildman–Crippen LogP) is 7.11. The van der Waals surface area contributed by atoms with E-state index in [9.17, 15) is 14.7 Å². The fourth-order valence-electron chi connectivity index (χ4n) is 5.39. The summed E-state index contributed by atoms with van der Waals surface area (Å²) in [5.74, 6) is 0.621. The van der Waals surface area contributed by atoms with E-state index in [1.807, 2.05) is 6.92 Å². The number of rotatable bonds is 12. The topological polar surface area (TPSA) is 120 Å². The Morgan fingerprint density at radius 3 is 2.55 bits per heavy atom. The Labute approximate surface area is 281 Å². The van der Waals surface area contributed by atoms with Gasteiger partial charge in [0.2, 0.25) is 5.13 Å². The molecular formula is C35H35N3O7S2. The predicted molar refractivity (Wildman–Crippen MR) is 181 cm³/mol. The molecule has 2 aliphatic heterocycles. The SMILES string of the molecule is CCCCCOc1ccc(C2/C(=C(\O)c3ccc4c(c3)OCCO4)C(=O)C(=O)N2c2nnc(SCc3ccc(C)cc3)s2)cc1OC. The molecule has 3 heterocycles. The van der Waals surface area contributed by atoms with Gasteiger partial charge in [-0.2, -0.15) is 0 Å². The number of hydrogen-bond acceptors (Lipinski definition) is 11. The molecule has 2 aliphatic rings. The normalized spacial score (nSPS) is 16.8. The fraction of sp³-hybridized carbons (Fsp3) is 0.314. The highest BCUT2D eigenvalue weighted by molar-refractivity contribution is 8.00. The highest BCUT2D eigenvalue weighted by Crippen LogP contribution is 2.46. The van der Waals surface area contributed by atoms with Crippen LogP contribution in [0.3, 0.4) is 0 Å². The minimum absolute atomic E-state index is 0.0885. The minimum Gasteiger partial charge on any atom is -0.507 e. The number of ether oxygens (including phenoxy) is 4. The summed E-state index contributed by atoms with van der Waals surface area (Å²) in [6, 6.07) is 17.4. The molecular weight excluding hydrogens is 639 g/mol. The molecule has 47 heavy (non-hydrogen) atoms. The molecule has 6 rings (SSSR count). The lowest BCUT2D eigenvalue weighted by molar-refractivity contribution is -0.132. The number of carbonyl (C=O) groups excluding carboxylic acids is 2. The second kappa shape index (κ2) is 14.5. The van der Waals surface area contributed by atoms with Crippen molar-refractivity contribution < 1.29 is 33.6 Å². The molecule has 1 unspecified atom stereocenters. The number of aliphatic hydroxyl groups is 1. The van der Waals surface area contributed by atoms with E-state index in [0.717, 1.165) is 24.8 Å². The van der Waals surface area contributed by atoms with Crippen LogP contribution in [0, 0.1) is 6.92 Å². The van der Waals surface area contributed by atoms with Gasteiger partial charge in [0.05, 0.1) is 25.3 Å². The molecule has 1 N–H and O–H groups in total. The second-order valence-electron chi connectivity index (χ2n) is 11.1. The zero-order valence-corrected chi connectivity index (χ0v) is 28.0. The lowest BCUT2D eigenvalue weighted by atomic mass is 9.95. The third kappa shape index (κ3) is 6.93. The molecule has 0 saturated carbocycles. The van der Waals surface area contributed by atoms with Gasteiger partial charge in [0.15, 0.2) is 27.3 Å². The summed E-state index contributed by atoms with van der Waals surface area (Å²) in [6.07, 6.45) is 3.01. The van der Waals surface area contributed by atoms with Gasteiger partial charge in [-0.1, -0.05) is 78.8 Å². The number of carbonyl (C=O) groups is 2. The first kappa shape index (κ1) is 32.4. The average molecular weight is 674 g/mol. The number of aromatic nitrogens is 2. The third-order valence-corrected chi connectivity index (χ3v) is 9.98. The van der Waals surface area contributed by atoms with E-state index in [4.69, 9.17) is 18.9 Å². The molecule has 244 valence electrons. The van der Waals surface area contributed by atoms with Crippen LogP contribution in [0.1, 0.15) is 54.5 Å². The first-order chi connectivity index (χ1) is 22.9. The van der Waals surface area contributed by atoms with E-state index in [2.05, 4.69) is 41.4 Å². The lowest BCUT2D eigenvalue weighted by Crippen LogP contribution is -2.29. The Kier molecular flexibility index (Phi) is 9.98. The standard InChI is InChI=1S/C35H35N3O7S2/c1-4-5-6-15-43-25-13-11-23(18-27(25)42-3)30-29(31(39)24-12-14-26-28(19-24)45-17-16-44-26)32(40)33(41)38(30)34-36-37-35(47-34)46-20-22-9-7-21(2)8-10-22/h7-14,18-19,30,39H,4-6,15-17,20H2,1-3H3/b31-29+. The highest BCUT2D eigenvalue weighted by atomic mass is 32.2. The maximum absolute atomic E-state index is 13.8. The van der Waals surface area contributed by atoms with Gasteiger partial charge in [-0.05, 0) is 54.8 Å². The molecule has 10 nitrogen and oxygen atoms in total. The maximum Gasteiger partial charge on any atom is 0.301 e. The lowest BCUT2D eigenvalue weighted by Gasteiger charge is -2.24. The van der Waals surface area contributed by atoms with Gasteiger partial charge in [-0.25, -0.2) is 0 Å². The molecule has 4 aromatic rings. The van der Waals surface area contributed by atoms with Gasteiger partial charge < -0.3 is 24.1 Å². The van der Waals surface area contributed by atoms with Gasteiger partial charge in [0, 0.05) is 11.3 Å². The van der Waals surface area contributed by atoms with E-state index >= 15 is 0 Å². The van der Waals surface area contributed by atoms with Crippen LogP contribution in [-0.2, 0) is 15.3 Å². The van der Waals surface area contributed by atoms with Crippen LogP contribution in [0.15, 0.2) is 70.6 Å². The number of hydrogen-bond donors (Lipinski definition) is 1. The van der Waals surface area contributed by atoms with Crippen molar-refractivity contribution in [3.05, 3.63) is 88.5 Å². The van der Waals surface area contributed by atoms with Crippen LogP contribution < -0.4 is 23.8 Å². The van der Waals surface area contributed by atoms with Gasteiger partial charge in [-0.3, -0.25) is 14.5 Å². The molecule has 1 fully saturated rings. The molecule has 0 aliphatic carbocycles. The van der Waals surface area contributed by atoms with Gasteiger partial charge in [-0.15, -0.1) is 10.2 Å². The van der Waals surface area contributed by atoms with Crippen LogP contribution >= 0.6 is 23.1 Å². The molecule has 0 bridgehead atoms. The number of nitrogens with zero attached hydrogens (tertiary/aromatic N) is 3. The van der Waals surface area contributed by atoms with Crippen LogP contribution in [0.5, 0.6) is 23.0 Å². The van der Waals surface area contributed by atoms with Crippen molar-refractivity contribution in [1.82, 2.24) is 10.2 Å². The Bertz CT molecular complexity index is 1810. The first-order valence-corrected chi connectivity index (χ1v) is 17.2. The number of amides is 1. The molecule has 3 aromatic carbocycles. The number of ketones is 1. The Morgan fingerprint density at radius 1 is 1.00 bits per heavy atom. The number of aryl methyl sites for hydroxylation is 1. The van der Waals surface area contributed by atoms with Gasteiger partial charge in [0.1, 0.15) is 19.0 Å². The summed E-state index contributed by atoms with van der Waals surface area (Å²) in [5, 5.41) is 20.6. The van der Waals surface area contributed by atoms with Crippen LogP contribution in [0.4, 0.5) is 5.13 Å². The molecule has 1 atom stereocenters. The molecule has 0 radical (unpaired) electrons. The van der Waals surface area contributed by atoms with Crippen molar-refractivity contribution in [2.75, 3.05) is 31.8 Å². The van der Waals surface area contributed by atoms with E-state index in [0.29, 0.717) is 64.0 Å². The number of Topliss-reactive ketones (excluding diaryl/α,β-unsaturated/α-hetero) is 1. The average Bonchev–Trinajstić information content (AvgIpc) is 3.67. The number of unbranched alkanes of at least 4 members (excludes halogenated alkanes) is 2. The number of aliphatic hydroxyl groups excluding tert-OH is 1. The summed E-state index contributed by atoms with van der Waals surface area (Å²) >= 11 is 2.70. The Hall–Kier alpha value is -4.55. The minimum atomic E-state index is -1.02. The third-order valence-electron chi connectivity index (χ3n) is 7.85. The van der Waals surface area contributed by atoms with Crippen molar-refractivity contribution in [1.29, 1.82) is 0 Å². The first-order valence-electron chi connectivity index (χ1n) is 15.4. The van der Waals surface area contributed by atoms with Crippen molar-refractivity contribution >= 4 is 45.7 Å². The highest BCUT2D eigenvalue weighted by Gasteiger charge is 2.48. The van der Waals surface area contributed by atoms with Gasteiger partial charge in [0.25, 0.3) is 5.78 Å². The summed E-state index contributed by atoms with van der Waals surface area (Å²) in [5.41, 5.74) is 3.06. The second-order valence-corrected chi connectivity index (χ2v) is 13.3. The van der Waals surface area contributed by atoms with E-state index in [-0.39, 0.29) is 16.5 Å². The van der Waals surface area contributed by atoms with Crippen LogP contribution in [0.2, 0.25) is 0 Å². The number of fused-ring (bicyclic) bond motifs is 1. The quantitative estimate of drug-likeness (QED) is 0.0416. The summed E-state index contributed by atoms with van der Waals surface area (Å²) in [6.45, 7) is 5.46. The van der Waals surface area contributed by atoms with Crippen LogP contribution in [-0.4, -0.2) is 53.9 Å². The summed E-state index contributed by atoms with van der Waals surface area (Å²) < 4.78 is 23.6. The fourth-order valence-corrected chi connectivity index (χ4v) is 7.21. The van der Waals surface area contributed by atoms with Crippen molar-refractivity contribution in [3.8, 4) is 23.0 Å². The van der Waals surface area contributed by atoms with Crippen molar-refractivity contribution in [2.24, 2.45) is 0 Å². The maximum atomic E-state index is 13.8. The monoisotopic (exact) mass is 673 g/mol. The van der Waals surface area contributed by atoms with E-state index < -0.39 is 17.7 Å². The van der Waals surface area contributed by atoms with Crippen molar-refractivity contribution in [3.63, 3.8) is 0 Å². The van der Waals surface area contributed by atoms with Gasteiger partial charge >= 0.3 is 5.91 Å². The number of thioether (sulfide) groups is 1.